The van der Waals surface area contributed by atoms with E-state index in [9.17, 15) is 14.7 Å². The lowest BCUT2D eigenvalue weighted by molar-refractivity contribution is -0.139. The van der Waals surface area contributed by atoms with E-state index >= 15 is 0 Å². The molecular weight excluding hydrogens is 528 g/mol. The summed E-state index contributed by atoms with van der Waals surface area (Å²) < 4.78 is 18.8. The zero-order valence-electron chi connectivity index (χ0n) is 21.8. The van der Waals surface area contributed by atoms with E-state index in [2.05, 4.69) is 4.99 Å². The van der Waals surface area contributed by atoms with Crippen LogP contribution in [0, 0.1) is 0 Å². The van der Waals surface area contributed by atoms with Crippen molar-refractivity contribution in [1.82, 2.24) is 4.57 Å². The summed E-state index contributed by atoms with van der Waals surface area (Å²) in [6.45, 7) is 9.60. The van der Waals surface area contributed by atoms with Crippen molar-refractivity contribution >= 4 is 35.0 Å². The summed E-state index contributed by atoms with van der Waals surface area (Å²) in [5, 5.41) is 10.3. The molecule has 1 atom stereocenters. The van der Waals surface area contributed by atoms with E-state index in [-0.39, 0.29) is 40.4 Å². The van der Waals surface area contributed by atoms with Crippen LogP contribution in [0.15, 0.2) is 57.5 Å². The summed E-state index contributed by atoms with van der Waals surface area (Å²) in [6, 6.07) is 9.70. The smallest absolute Gasteiger partial charge is 0.338 e. The SMILES string of the molecule is CCOC(=O)C1=C(C)N=c2s/c(=C\c3cc(Cl)c(O)c(OCC)c3)c(=O)n2C1c1ccccc1OC(C)C. The van der Waals surface area contributed by atoms with Crippen LogP contribution in [-0.2, 0) is 9.53 Å². The molecule has 0 radical (unpaired) electrons. The number of fused-ring (bicyclic) bond motifs is 1. The third-order valence-corrected chi connectivity index (χ3v) is 7.01. The molecule has 1 aliphatic rings. The van der Waals surface area contributed by atoms with Crippen LogP contribution in [0.25, 0.3) is 6.08 Å². The van der Waals surface area contributed by atoms with Crippen molar-refractivity contribution in [2.24, 2.45) is 4.99 Å². The third-order valence-electron chi connectivity index (χ3n) is 5.74. The largest absolute Gasteiger partial charge is 0.503 e. The van der Waals surface area contributed by atoms with Gasteiger partial charge in [-0.3, -0.25) is 9.36 Å². The number of nitrogens with zero attached hydrogens (tertiary/aromatic N) is 2. The van der Waals surface area contributed by atoms with Gasteiger partial charge in [0, 0.05) is 5.56 Å². The zero-order chi connectivity index (χ0) is 27.6. The summed E-state index contributed by atoms with van der Waals surface area (Å²) in [6.07, 6.45) is 1.54. The second-order valence-corrected chi connectivity index (χ2v) is 10.2. The Morgan fingerprint density at radius 3 is 2.63 bits per heavy atom. The van der Waals surface area contributed by atoms with Crippen LogP contribution in [0.3, 0.4) is 0 Å². The molecule has 0 saturated carbocycles. The van der Waals surface area contributed by atoms with Crippen LogP contribution in [0.4, 0.5) is 0 Å². The Balaban J connectivity index is 1.97. The number of ether oxygens (including phenoxy) is 3. The van der Waals surface area contributed by atoms with E-state index in [1.807, 2.05) is 38.1 Å². The molecule has 0 saturated heterocycles. The minimum atomic E-state index is -0.801. The highest BCUT2D eigenvalue weighted by atomic mass is 35.5. The molecule has 0 bridgehead atoms. The van der Waals surface area contributed by atoms with Crippen molar-refractivity contribution in [3.8, 4) is 17.2 Å². The Hall–Kier alpha value is -3.56. The molecule has 8 nitrogen and oxygen atoms in total. The van der Waals surface area contributed by atoms with Gasteiger partial charge in [-0.05, 0) is 64.5 Å². The van der Waals surface area contributed by atoms with Crippen LogP contribution in [0.2, 0.25) is 5.02 Å². The number of aromatic nitrogens is 1. The van der Waals surface area contributed by atoms with Gasteiger partial charge in [0.2, 0.25) is 0 Å². The van der Waals surface area contributed by atoms with Gasteiger partial charge in [-0.15, -0.1) is 0 Å². The number of carbonyl (C=O) groups excluding carboxylic acids is 1. The molecule has 1 unspecified atom stereocenters. The highest BCUT2D eigenvalue weighted by Crippen LogP contribution is 2.37. The van der Waals surface area contributed by atoms with Crippen molar-refractivity contribution in [3.63, 3.8) is 0 Å². The lowest BCUT2D eigenvalue weighted by Gasteiger charge is -2.26. The Morgan fingerprint density at radius 2 is 1.95 bits per heavy atom. The maximum absolute atomic E-state index is 13.9. The lowest BCUT2D eigenvalue weighted by atomic mass is 9.95. The second kappa shape index (κ2) is 11.4. The zero-order valence-corrected chi connectivity index (χ0v) is 23.4. The van der Waals surface area contributed by atoms with Crippen LogP contribution in [0.1, 0.15) is 51.8 Å². The summed E-state index contributed by atoms with van der Waals surface area (Å²) in [4.78, 5) is 32.1. The number of esters is 1. The van der Waals surface area contributed by atoms with E-state index in [1.165, 1.54) is 15.9 Å². The van der Waals surface area contributed by atoms with Crippen molar-refractivity contribution in [2.75, 3.05) is 13.2 Å². The first-order chi connectivity index (χ1) is 18.2. The Kier molecular flexibility index (Phi) is 8.28. The number of allylic oxidation sites excluding steroid dienone is 1. The molecule has 1 N–H and O–H groups in total. The van der Waals surface area contributed by atoms with Gasteiger partial charge < -0.3 is 19.3 Å². The summed E-state index contributed by atoms with van der Waals surface area (Å²) >= 11 is 7.40. The lowest BCUT2D eigenvalue weighted by Crippen LogP contribution is -2.40. The average Bonchev–Trinajstić information content (AvgIpc) is 3.16. The molecule has 200 valence electrons. The number of phenolic OH excluding ortho intramolecular Hbond substituents is 1. The minimum absolute atomic E-state index is 0.105. The van der Waals surface area contributed by atoms with Crippen LogP contribution in [0.5, 0.6) is 17.2 Å². The number of aromatic hydroxyl groups is 1. The van der Waals surface area contributed by atoms with Crippen molar-refractivity contribution < 1.29 is 24.1 Å². The molecule has 2 heterocycles. The molecule has 2 aromatic carbocycles. The van der Waals surface area contributed by atoms with Gasteiger partial charge in [-0.25, -0.2) is 9.79 Å². The van der Waals surface area contributed by atoms with E-state index < -0.39 is 12.0 Å². The van der Waals surface area contributed by atoms with Crippen LogP contribution in [-0.4, -0.2) is 35.0 Å². The molecule has 0 fully saturated rings. The average molecular weight is 557 g/mol. The summed E-state index contributed by atoms with van der Waals surface area (Å²) in [5.41, 5.74) is 1.62. The van der Waals surface area contributed by atoms with Gasteiger partial charge in [0.1, 0.15) is 11.8 Å². The number of benzene rings is 2. The maximum Gasteiger partial charge on any atom is 0.338 e. The molecule has 0 spiro atoms. The van der Waals surface area contributed by atoms with E-state index in [0.29, 0.717) is 38.5 Å². The summed E-state index contributed by atoms with van der Waals surface area (Å²) in [7, 11) is 0. The van der Waals surface area contributed by atoms with Gasteiger partial charge in [0.25, 0.3) is 5.56 Å². The molecule has 1 aromatic heterocycles. The molecule has 1 aliphatic heterocycles. The predicted octanol–water partition coefficient (Wildman–Crippen LogP) is 4.34. The molecule has 10 heteroatoms. The topological polar surface area (TPSA) is 99.4 Å². The first kappa shape index (κ1) is 27.5. The first-order valence-corrected chi connectivity index (χ1v) is 13.5. The van der Waals surface area contributed by atoms with Gasteiger partial charge in [-0.2, -0.15) is 0 Å². The molecule has 4 rings (SSSR count). The molecular formula is C28H29ClN2O6S. The van der Waals surface area contributed by atoms with Crippen LogP contribution < -0.4 is 24.4 Å². The summed E-state index contributed by atoms with van der Waals surface area (Å²) in [5.74, 6) is 0.0741. The highest BCUT2D eigenvalue weighted by molar-refractivity contribution is 7.07. The molecule has 0 aliphatic carbocycles. The Morgan fingerprint density at radius 1 is 1.21 bits per heavy atom. The second-order valence-electron chi connectivity index (χ2n) is 8.79. The fourth-order valence-electron chi connectivity index (χ4n) is 4.25. The minimum Gasteiger partial charge on any atom is -0.503 e. The molecule has 3 aromatic rings. The maximum atomic E-state index is 13.9. The number of thiazole rings is 1. The number of carbonyl (C=O) groups is 1. The Labute approximate surface area is 229 Å². The van der Waals surface area contributed by atoms with Crippen LogP contribution >= 0.6 is 22.9 Å². The van der Waals surface area contributed by atoms with E-state index in [4.69, 9.17) is 25.8 Å². The van der Waals surface area contributed by atoms with Crippen molar-refractivity contribution in [2.45, 2.75) is 46.8 Å². The number of hydrogen-bond donors (Lipinski definition) is 1. The highest BCUT2D eigenvalue weighted by Gasteiger charge is 2.35. The van der Waals surface area contributed by atoms with Gasteiger partial charge >= 0.3 is 5.97 Å². The van der Waals surface area contributed by atoms with Gasteiger partial charge in [-0.1, -0.05) is 41.1 Å². The third kappa shape index (κ3) is 5.35. The predicted molar refractivity (Wildman–Crippen MR) is 147 cm³/mol. The fraction of sp³-hybridized carbons (Fsp3) is 0.321. The normalized spacial score (nSPS) is 15.3. The van der Waals surface area contributed by atoms with E-state index in [0.717, 1.165) is 0 Å². The first-order valence-electron chi connectivity index (χ1n) is 12.3. The van der Waals surface area contributed by atoms with Gasteiger partial charge in [0.15, 0.2) is 16.3 Å². The quantitative estimate of drug-likeness (QED) is 0.414. The number of hydrogen-bond acceptors (Lipinski definition) is 8. The van der Waals surface area contributed by atoms with Crippen molar-refractivity contribution in [3.05, 3.63) is 83.5 Å². The fourth-order valence-corrected chi connectivity index (χ4v) is 5.51. The number of halogens is 1. The standard InChI is InChI=1S/C28H29ClN2O6S/c1-6-35-21-13-17(12-19(29)25(21)32)14-22-26(33)31-24(18-10-8-9-11-20(18)37-15(3)4)23(27(34)36-7-2)16(5)30-28(31)38-22/h8-15,24,32H,6-7H2,1-5H3/b22-14-. The van der Waals surface area contributed by atoms with E-state index in [1.54, 1.807) is 39.0 Å². The number of rotatable bonds is 8. The number of para-hydroxylation sites is 1. The van der Waals surface area contributed by atoms with Crippen molar-refractivity contribution in [1.29, 1.82) is 0 Å². The number of phenols is 1. The molecule has 38 heavy (non-hydrogen) atoms. The monoisotopic (exact) mass is 556 g/mol. The molecule has 0 amide bonds. The van der Waals surface area contributed by atoms with Gasteiger partial charge in [0.05, 0.1) is 40.1 Å². The Bertz CT molecular complexity index is 1590.